The first-order valence-corrected chi connectivity index (χ1v) is 7.71. The fourth-order valence-corrected chi connectivity index (χ4v) is 3.64. The molecule has 0 saturated carbocycles. The maximum Gasteiger partial charge on any atom is 0.248 e. The summed E-state index contributed by atoms with van der Waals surface area (Å²) in [6.45, 7) is 0. The number of thioether (sulfide) groups is 1. The Hall–Kier alpha value is -2.01. The fourth-order valence-electron chi connectivity index (χ4n) is 2.50. The highest BCUT2D eigenvalue weighted by atomic mass is 32.2. The molecular formula is C16H15FN2OS. The number of nitrogens with one attached hydrogen (secondary N) is 1. The summed E-state index contributed by atoms with van der Waals surface area (Å²) in [7, 11) is 0. The Morgan fingerprint density at radius 2 is 2.10 bits per heavy atom. The Morgan fingerprint density at radius 1 is 1.29 bits per heavy atom. The van der Waals surface area contributed by atoms with Crippen molar-refractivity contribution in [1.29, 1.82) is 0 Å². The van der Waals surface area contributed by atoms with Crippen molar-refractivity contribution in [2.75, 3.05) is 11.1 Å². The van der Waals surface area contributed by atoms with Gasteiger partial charge in [0.15, 0.2) is 0 Å². The van der Waals surface area contributed by atoms with Crippen molar-refractivity contribution in [3.05, 3.63) is 59.4 Å². The van der Waals surface area contributed by atoms with Crippen LogP contribution in [0.15, 0.2) is 47.4 Å². The first-order valence-electron chi connectivity index (χ1n) is 6.73. The van der Waals surface area contributed by atoms with Gasteiger partial charge in [-0.2, -0.15) is 0 Å². The molecule has 1 aliphatic rings. The van der Waals surface area contributed by atoms with E-state index >= 15 is 0 Å². The number of hydrogen-bond acceptors (Lipinski definition) is 3. The van der Waals surface area contributed by atoms with Crippen molar-refractivity contribution in [1.82, 2.24) is 0 Å². The van der Waals surface area contributed by atoms with Crippen LogP contribution in [0.25, 0.3) is 0 Å². The second-order valence-electron chi connectivity index (χ2n) is 4.94. The molecule has 0 saturated heterocycles. The third-order valence-corrected chi connectivity index (χ3v) is 4.67. The number of primary amides is 1. The number of carbonyl (C=O) groups is 1. The molecular weight excluding hydrogens is 287 g/mol. The number of amides is 1. The van der Waals surface area contributed by atoms with Crippen LogP contribution in [0.3, 0.4) is 0 Å². The normalized spacial score (nSPS) is 17.1. The molecule has 0 fully saturated rings. The summed E-state index contributed by atoms with van der Waals surface area (Å²) in [4.78, 5) is 11.9. The molecule has 3 N–H and O–H groups in total. The Kier molecular flexibility index (Phi) is 3.84. The summed E-state index contributed by atoms with van der Waals surface area (Å²) in [5.74, 6) is 0.236. The van der Waals surface area contributed by atoms with Gasteiger partial charge in [0.1, 0.15) is 5.82 Å². The van der Waals surface area contributed by atoms with Gasteiger partial charge < -0.3 is 11.1 Å². The van der Waals surface area contributed by atoms with Crippen LogP contribution in [0, 0.1) is 5.82 Å². The third kappa shape index (κ3) is 2.88. The van der Waals surface area contributed by atoms with E-state index in [0.29, 0.717) is 10.5 Å². The van der Waals surface area contributed by atoms with E-state index in [0.717, 1.165) is 23.4 Å². The number of carbonyl (C=O) groups excluding carboxylic acids is 1. The molecule has 0 radical (unpaired) electrons. The molecule has 1 unspecified atom stereocenters. The van der Waals surface area contributed by atoms with Gasteiger partial charge in [-0.25, -0.2) is 4.39 Å². The van der Waals surface area contributed by atoms with Gasteiger partial charge in [-0.3, -0.25) is 4.79 Å². The lowest BCUT2D eigenvalue weighted by atomic mass is 10.0. The predicted octanol–water partition coefficient (Wildman–Crippen LogP) is 3.57. The van der Waals surface area contributed by atoms with Crippen molar-refractivity contribution < 1.29 is 9.18 Å². The molecule has 0 aliphatic carbocycles. The summed E-state index contributed by atoms with van der Waals surface area (Å²) in [6, 6.07) is 12.3. The van der Waals surface area contributed by atoms with Crippen LogP contribution >= 0.6 is 11.8 Å². The van der Waals surface area contributed by atoms with Crippen molar-refractivity contribution in [2.24, 2.45) is 5.73 Å². The van der Waals surface area contributed by atoms with Gasteiger partial charge >= 0.3 is 0 Å². The fraction of sp³-hybridized carbons (Fsp3) is 0.188. The highest BCUT2D eigenvalue weighted by Gasteiger charge is 2.23. The summed E-state index contributed by atoms with van der Waals surface area (Å²) in [5.41, 5.74) is 7.54. The van der Waals surface area contributed by atoms with Crippen LogP contribution in [0.1, 0.15) is 28.4 Å². The van der Waals surface area contributed by atoms with Gasteiger partial charge in [0.2, 0.25) is 5.91 Å². The van der Waals surface area contributed by atoms with Gasteiger partial charge in [-0.15, -0.1) is 11.8 Å². The lowest BCUT2D eigenvalue weighted by Crippen LogP contribution is -2.17. The molecule has 1 amide bonds. The number of benzene rings is 2. The first-order chi connectivity index (χ1) is 10.1. The van der Waals surface area contributed by atoms with Gasteiger partial charge in [0.25, 0.3) is 0 Å². The van der Waals surface area contributed by atoms with E-state index in [4.69, 9.17) is 5.73 Å². The standard InChI is InChI=1S/C16H15FN2OS/c17-13-6-2-5-12-14(7-8-21-15(12)13)19-11-4-1-3-10(9-11)16(18)20/h1-6,9,14,19H,7-8H2,(H2,18,20). The van der Waals surface area contributed by atoms with Gasteiger partial charge in [0.05, 0.1) is 6.04 Å². The minimum Gasteiger partial charge on any atom is -0.378 e. The van der Waals surface area contributed by atoms with Gasteiger partial charge in [0, 0.05) is 21.9 Å². The predicted molar refractivity (Wildman–Crippen MR) is 83.1 cm³/mol. The van der Waals surface area contributed by atoms with Gasteiger partial charge in [-0.05, 0) is 36.2 Å². The average molecular weight is 302 g/mol. The number of rotatable bonds is 3. The van der Waals surface area contributed by atoms with Crippen LogP contribution in [0.5, 0.6) is 0 Å². The Balaban J connectivity index is 1.89. The van der Waals surface area contributed by atoms with E-state index in [2.05, 4.69) is 5.32 Å². The molecule has 0 aromatic heterocycles. The molecule has 1 atom stereocenters. The zero-order valence-electron chi connectivity index (χ0n) is 11.3. The number of anilines is 1. The summed E-state index contributed by atoms with van der Waals surface area (Å²) >= 11 is 1.55. The Bertz CT molecular complexity index is 690. The summed E-state index contributed by atoms with van der Waals surface area (Å²) < 4.78 is 13.8. The maximum absolute atomic E-state index is 13.8. The van der Waals surface area contributed by atoms with Crippen LogP contribution in [0.4, 0.5) is 10.1 Å². The molecule has 2 aromatic carbocycles. The minimum atomic E-state index is -0.454. The van der Waals surface area contributed by atoms with Crippen LogP contribution in [-0.4, -0.2) is 11.7 Å². The molecule has 3 nitrogen and oxygen atoms in total. The number of halogens is 1. The average Bonchev–Trinajstić information content (AvgIpc) is 2.49. The highest BCUT2D eigenvalue weighted by Crippen LogP contribution is 2.39. The topological polar surface area (TPSA) is 55.1 Å². The smallest absolute Gasteiger partial charge is 0.248 e. The molecule has 1 heterocycles. The monoisotopic (exact) mass is 302 g/mol. The van der Waals surface area contributed by atoms with Gasteiger partial charge in [-0.1, -0.05) is 18.2 Å². The summed E-state index contributed by atoms with van der Waals surface area (Å²) in [5, 5.41) is 3.37. The maximum atomic E-state index is 13.8. The van der Waals surface area contributed by atoms with Crippen molar-refractivity contribution in [2.45, 2.75) is 17.4 Å². The molecule has 21 heavy (non-hydrogen) atoms. The molecule has 3 rings (SSSR count). The lowest BCUT2D eigenvalue weighted by Gasteiger charge is -2.27. The Morgan fingerprint density at radius 3 is 2.90 bits per heavy atom. The zero-order valence-corrected chi connectivity index (χ0v) is 12.1. The molecule has 0 bridgehead atoms. The quantitative estimate of drug-likeness (QED) is 0.911. The zero-order chi connectivity index (χ0) is 14.8. The molecule has 5 heteroatoms. The van der Waals surface area contributed by atoms with E-state index < -0.39 is 5.91 Å². The minimum absolute atomic E-state index is 0.0417. The van der Waals surface area contributed by atoms with Crippen molar-refractivity contribution >= 4 is 23.4 Å². The third-order valence-electron chi connectivity index (χ3n) is 3.51. The summed E-state index contributed by atoms with van der Waals surface area (Å²) in [6.07, 6.45) is 0.905. The largest absolute Gasteiger partial charge is 0.378 e. The van der Waals surface area contributed by atoms with Crippen LogP contribution in [-0.2, 0) is 0 Å². The number of fused-ring (bicyclic) bond motifs is 1. The molecule has 108 valence electrons. The van der Waals surface area contributed by atoms with E-state index in [1.54, 1.807) is 36.0 Å². The molecule has 1 aliphatic heterocycles. The first kappa shape index (κ1) is 13.9. The highest BCUT2D eigenvalue weighted by molar-refractivity contribution is 7.99. The SMILES string of the molecule is NC(=O)c1cccc(NC2CCSc3c(F)cccc32)c1. The second kappa shape index (κ2) is 5.77. The number of nitrogens with two attached hydrogens (primary N) is 1. The van der Waals surface area contributed by atoms with E-state index in [1.807, 2.05) is 12.1 Å². The van der Waals surface area contributed by atoms with Crippen molar-refractivity contribution in [3.8, 4) is 0 Å². The second-order valence-corrected chi connectivity index (χ2v) is 6.04. The van der Waals surface area contributed by atoms with E-state index in [1.165, 1.54) is 6.07 Å². The lowest BCUT2D eigenvalue weighted by molar-refractivity contribution is 0.100. The van der Waals surface area contributed by atoms with Crippen LogP contribution < -0.4 is 11.1 Å². The van der Waals surface area contributed by atoms with Crippen LogP contribution in [0.2, 0.25) is 0 Å². The molecule has 0 spiro atoms. The van der Waals surface area contributed by atoms with Crippen molar-refractivity contribution in [3.63, 3.8) is 0 Å². The Labute approximate surface area is 126 Å². The van der Waals surface area contributed by atoms with E-state index in [-0.39, 0.29) is 11.9 Å². The number of hydrogen-bond donors (Lipinski definition) is 2. The van der Waals surface area contributed by atoms with E-state index in [9.17, 15) is 9.18 Å². The molecule has 2 aromatic rings.